The first-order valence-corrected chi connectivity index (χ1v) is 2.53. The predicted molar refractivity (Wildman–Crippen MR) is 30.8 cm³/mol. The molecule has 1 atom stereocenters. The normalized spacial score (nSPS) is 31.0. The smallest absolute Gasteiger partial charge is 0.114 e. The van der Waals surface area contributed by atoms with E-state index in [1.807, 2.05) is 0 Å². The third kappa shape index (κ3) is 0.519. The van der Waals surface area contributed by atoms with E-state index in [4.69, 9.17) is 4.74 Å². The van der Waals surface area contributed by atoms with Crippen LogP contribution in [-0.4, -0.2) is 19.2 Å². The maximum atomic E-state index is 5.05. The summed E-state index contributed by atoms with van der Waals surface area (Å²) in [7, 11) is 0. The van der Waals surface area contributed by atoms with Crippen molar-refractivity contribution < 1.29 is 4.74 Å². The second-order valence-electron chi connectivity index (χ2n) is 1.88. The minimum absolute atomic E-state index is 0. The molecule has 2 aliphatic heterocycles. The molecule has 8 heavy (non-hydrogen) atoms. The third-order valence-corrected chi connectivity index (χ3v) is 1.43. The molecule has 3 heteroatoms. The van der Waals surface area contributed by atoms with Gasteiger partial charge in [-0.15, -0.1) is 0 Å². The van der Waals surface area contributed by atoms with E-state index in [-0.39, 0.29) is 6.15 Å². The van der Waals surface area contributed by atoms with Crippen LogP contribution in [0.1, 0.15) is 0 Å². The van der Waals surface area contributed by atoms with Crippen molar-refractivity contribution in [3.05, 3.63) is 11.8 Å². The summed E-state index contributed by atoms with van der Waals surface area (Å²) in [5, 5.41) is 3.24. The molecule has 0 radical (unpaired) electrons. The van der Waals surface area contributed by atoms with Crippen LogP contribution < -0.4 is 11.5 Å². The molecule has 1 fully saturated rings. The van der Waals surface area contributed by atoms with E-state index in [0.29, 0.717) is 6.04 Å². The zero-order chi connectivity index (χ0) is 4.69. The topological polar surface area (TPSA) is 56.3 Å². The van der Waals surface area contributed by atoms with Gasteiger partial charge in [-0.2, -0.15) is 0 Å². The quantitative estimate of drug-likeness (QED) is 0.467. The van der Waals surface area contributed by atoms with E-state index in [1.165, 1.54) is 0 Å². The fourth-order valence-electron chi connectivity index (χ4n) is 0.925. The van der Waals surface area contributed by atoms with Crippen LogP contribution in [0.15, 0.2) is 11.8 Å². The molecule has 1 unspecified atom stereocenters. The zero-order valence-electron chi connectivity index (χ0n) is 4.68. The van der Waals surface area contributed by atoms with Crippen LogP contribution in [0.4, 0.5) is 0 Å². The van der Waals surface area contributed by atoms with Crippen molar-refractivity contribution in [2.75, 3.05) is 13.2 Å². The second-order valence-corrected chi connectivity index (χ2v) is 1.88. The summed E-state index contributed by atoms with van der Waals surface area (Å²) in [6.45, 7) is 1.88. The van der Waals surface area contributed by atoms with Gasteiger partial charge in [-0.25, -0.2) is 0 Å². The molecule has 46 valence electrons. The molecule has 0 spiro atoms. The highest BCUT2D eigenvalue weighted by atomic mass is 16.5. The fraction of sp³-hybridized carbons (Fsp3) is 0.600. The first kappa shape index (κ1) is 5.59. The van der Waals surface area contributed by atoms with Crippen molar-refractivity contribution in [2.24, 2.45) is 0 Å². The molecule has 0 aromatic heterocycles. The van der Waals surface area contributed by atoms with Crippen molar-refractivity contribution in [3.8, 4) is 0 Å². The molecular weight excluding hydrogens is 104 g/mol. The van der Waals surface area contributed by atoms with Crippen molar-refractivity contribution in [2.45, 2.75) is 6.04 Å². The van der Waals surface area contributed by atoms with E-state index in [1.54, 1.807) is 0 Å². The number of hydrogen-bond donors (Lipinski definition) is 2. The van der Waals surface area contributed by atoms with Crippen molar-refractivity contribution >= 4 is 0 Å². The van der Waals surface area contributed by atoms with Crippen LogP contribution in [-0.2, 0) is 4.74 Å². The standard InChI is InChI=1S/C5H7NO.H3N/c1-2-6-4-3-7-5(1)4;/h1,4,6H,2-3H2;1H3. The Morgan fingerprint density at radius 3 is 2.88 bits per heavy atom. The van der Waals surface area contributed by atoms with E-state index >= 15 is 0 Å². The molecule has 0 amide bonds. The summed E-state index contributed by atoms with van der Waals surface area (Å²) in [6, 6.07) is 0.583. The summed E-state index contributed by atoms with van der Waals surface area (Å²) in [6.07, 6.45) is 2.09. The lowest BCUT2D eigenvalue weighted by Gasteiger charge is -2.25. The van der Waals surface area contributed by atoms with Crippen LogP contribution in [0.3, 0.4) is 0 Å². The Kier molecular flexibility index (Phi) is 1.23. The largest absolute Gasteiger partial charge is 0.494 e. The zero-order valence-corrected chi connectivity index (χ0v) is 4.68. The average molecular weight is 114 g/mol. The van der Waals surface area contributed by atoms with Crippen molar-refractivity contribution in [1.82, 2.24) is 11.5 Å². The Bertz CT molecular complexity index is 122. The van der Waals surface area contributed by atoms with Crippen LogP contribution in [0.5, 0.6) is 0 Å². The van der Waals surface area contributed by atoms with E-state index in [9.17, 15) is 0 Å². The van der Waals surface area contributed by atoms with E-state index < -0.39 is 0 Å². The minimum atomic E-state index is 0. The molecule has 2 rings (SSSR count). The number of nitrogens with one attached hydrogen (secondary N) is 1. The van der Waals surface area contributed by atoms with Gasteiger partial charge in [-0.3, -0.25) is 0 Å². The first-order valence-electron chi connectivity index (χ1n) is 2.53. The van der Waals surface area contributed by atoms with Gasteiger partial charge in [0, 0.05) is 6.54 Å². The predicted octanol–water partition coefficient (Wildman–Crippen LogP) is 0.0343. The minimum Gasteiger partial charge on any atom is -0.494 e. The first-order chi connectivity index (χ1) is 3.47. The highest BCUT2D eigenvalue weighted by Gasteiger charge is 2.28. The molecule has 4 N–H and O–H groups in total. The number of ether oxygens (including phenoxy) is 1. The molecule has 0 aromatic carbocycles. The van der Waals surface area contributed by atoms with Gasteiger partial charge in [0.1, 0.15) is 12.4 Å². The van der Waals surface area contributed by atoms with Crippen LogP contribution in [0, 0.1) is 0 Å². The van der Waals surface area contributed by atoms with Gasteiger partial charge < -0.3 is 16.2 Å². The Morgan fingerprint density at radius 1 is 1.75 bits per heavy atom. The average Bonchev–Trinajstić information content (AvgIpc) is 1.85. The second kappa shape index (κ2) is 1.76. The molecule has 0 bridgehead atoms. The Hall–Kier alpha value is -0.540. The van der Waals surface area contributed by atoms with Gasteiger partial charge in [0.2, 0.25) is 0 Å². The van der Waals surface area contributed by atoms with Crippen LogP contribution in [0.2, 0.25) is 0 Å². The SMILES string of the molecule is C1=C2OCC2NC1.N. The lowest BCUT2D eigenvalue weighted by atomic mass is 10.2. The summed E-state index contributed by atoms with van der Waals surface area (Å²) < 4.78 is 5.05. The Morgan fingerprint density at radius 2 is 2.62 bits per heavy atom. The molecule has 2 aliphatic rings. The maximum absolute atomic E-state index is 5.05. The highest BCUT2D eigenvalue weighted by Crippen LogP contribution is 2.19. The number of hydrogen-bond acceptors (Lipinski definition) is 3. The van der Waals surface area contributed by atoms with Gasteiger partial charge in [0.25, 0.3) is 0 Å². The van der Waals surface area contributed by atoms with Gasteiger partial charge in [-0.1, -0.05) is 0 Å². The molecule has 3 nitrogen and oxygen atoms in total. The molecule has 1 saturated heterocycles. The van der Waals surface area contributed by atoms with E-state index in [0.717, 1.165) is 18.9 Å². The lowest BCUT2D eigenvalue weighted by Crippen LogP contribution is -2.38. The lowest BCUT2D eigenvalue weighted by molar-refractivity contribution is 0.0864. The van der Waals surface area contributed by atoms with Gasteiger partial charge in [0.15, 0.2) is 0 Å². The highest BCUT2D eigenvalue weighted by molar-refractivity contribution is 5.16. The molecule has 0 aromatic rings. The Labute approximate surface area is 48.3 Å². The van der Waals surface area contributed by atoms with Gasteiger partial charge in [-0.05, 0) is 6.08 Å². The summed E-state index contributed by atoms with van der Waals surface area (Å²) >= 11 is 0. The van der Waals surface area contributed by atoms with E-state index in [2.05, 4.69) is 11.4 Å². The monoisotopic (exact) mass is 114 g/mol. The van der Waals surface area contributed by atoms with Gasteiger partial charge in [0.05, 0.1) is 6.04 Å². The fourth-order valence-corrected chi connectivity index (χ4v) is 0.925. The van der Waals surface area contributed by atoms with Crippen molar-refractivity contribution in [3.63, 3.8) is 0 Å². The molecule has 2 heterocycles. The summed E-state index contributed by atoms with van der Waals surface area (Å²) in [4.78, 5) is 0. The van der Waals surface area contributed by atoms with Crippen molar-refractivity contribution in [1.29, 1.82) is 0 Å². The summed E-state index contributed by atoms with van der Waals surface area (Å²) in [5.41, 5.74) is 0. The third-order valence-electron chi connectivity index (χ3n) is 1.43. The van der Waals surface area contributed by atoms with Crippen LogP contribution in [0.25, 0.3) is 0 Å². The van der Waals surface area contributed by atoms with Crippen LogP contribution >= 0.6 is 0 Å². The molecular formula is C5H10N2O. The number of rotatable bonds is 0. The maximum Gasteiger partial charge on any atom is 0.114 e. The summed E-state index contributed by atoms with van der Waals surface area (Å²) in [5.74, 6) is 1.15. The van der Waals surface area contributed by atoms with Gasteiger partial charge >= 0.3 is 0 Å². The molecule has 0 saturated carbocycles. The Balaban J connectivity index is 0.000000320. The molecule has 0 aliphatic carbocycles. The number of fused-ring (bicyclic) bond motifs is 1.